The second-order valence-corrected chi connectivity index (χ2v) is 3.64. The molecular formula is C9H12N2O3. The molecule has 5 nitrogen and oxygen atoms in total. The molecule has 76 valence electrons. The van der Waals surface area contributed by atoms with Crippen LogP contribution in [0.1, 0.15) is 12.2 Å². The maximum absolute atomic E-state index is 10.4. The van der Waals surface area contributed by atoms with Crippen LogP contribution < -0.4 is 0 Å². The van der Waals surface area contributed by atoms with Crippen LogP contribution in [0.15, 0.2) is 16.8 Å². The van der Waals surface area contributed by atoms with E-state index in [1.54, 1.807) is 6.20 Å². The third-order valence-corrected chi connectivity index (χ3v) is 2.37. The van der Waals surface area contributed by atoms with Gasteiger partial charge in [0.05, 0.1) is 19.2 Å². The number of carboxylic acid groups (broad SMARTS) is 1. The van der Waals surface area contributed by atoms with Gasteiger partial charge in [-0.05, 0) is 5.92 Å². The van der Waals surface area contributed by atoms with Gasteiger partial charge in [-0.15, -0.1) is 0 Å². The topological polar surface area (TPSA) is 66.6 Å². The number of carbonyl (C=O) groups is 1. The van der Waals surface area contributed by atoms with E-state index in [0.29, 0.717) is 5.92 Å². The van der Waals surface area contributed by atoms with Crippen LogP contribution in [-0.4, -0.2) is 34.2 Å². The van der Waals surface area contributed by atoms with Crippen molar-refractivity contribution in [2.45, 2.75) is 13.0 Å². The molecule has 0 radical (unpaired) electrons. The van der Waals surface area contributed by atoms with Crippen LogP contribution in [0.3, 0.4) is 0 Å². The Labute approximate surface area is 81.3 Å². The molecule has 0 unspecified atom stereocenters. The Kier molecular flexibility index (Phi) is 2.49. The predicted octanol–water partition coefficient (Wildman–Crippen LogP) is 0.581. The smallest absolute Gasteiger partial charge is 0.303 e. The number of carboxylic acids is 1. The zero-order chi connectivity index (χ0) is 9.97. The first kappa shape index (κ1) is 9.21. The van der Waals surface area contributed by atoms with Crippen molar-refractivity contribution in [2.75, 3.05) is 13.1 Å². The number of hydrogen-bond acceptors (Lipinski definition) is 4. The van der Waals surface area contributed by atoms with Crippen LogP contribution in [-0.2, 0) is 11.3 Å². The Balaban J connectivity index is 1.71. The molecule has 0 bridgehead atoms. The highest BCUT2D eigenvalue weighted by Crippen LogP contribution is 2.20. The maximum atomic E-state index is 10.4. The Morgan fingerprint density at radius 1 is 1.71 bits per heavy atom. The maximum Gasteiger partial charge on any atom is 0.303 e. The van der Waals surface area contributed by atoms with E-state index >= 15 is 0 Å². The lowest BCUT2D eigenvalue weighted by molar-refractivity contribution is -0.139. The van der Waals surface area contributed by atoms with Crippen molar-refractivity contribution in [2.24, 2.45) is 5.92 Å². The van der Waals surface area contributed by atoms with Gasteiger partial charge in [-0.3, -0.25) is 9.69 Å². The highest BCUT2D eigenvalue weighted by atomic mass is 16.5. The third-order valence-electron chi connectivity index (χ3n) is 2.37. The van der Waals surface area contributed by atoms with Gasteiger partial charge >= 0.3 is 5.97 Å². The van der Waals surface area contributed by atoms with Gasteiger partial charge in [0.25, 0.3) is 0 Å². The molecule has 0 saturated carbocycles. The van der Waals surface area contributed by atoms with Gasteiger partial charge in [-0.2, -0.15) is 0 Å². The quantitative estimate of drug-likeness (QED) is 0.763. The summed E-state index contributed by atoms with van der Waals surface area (Å²) in [5, 5.41) is 12.2. The highest BCUT2D eigenvalue weighted by Gasteiger charge is 2.28. The number of aromatic nitrogens is 1. The van der Waals surface area contributed by atoms with Gasteiger partial charge in [0.2, 0.25) is 0 Å². The van der Waals surface area contributed by atoms with E-state index in [1.165, 1.54) is 0 Å². The molecule has 1 fully saturated rings. The molecule has 0 aliphatic carbocycles. The predicted molar refractivity (Wildman–Crippen MR) is 47.5 cm³/mol. The molecule has 1 N–H and O–H groups in total. The molecule has 1 aromatic heterocycles. The minimum absolute atomic E-state index is 0.271. The summed E-state index contributed by atoms with van der Waals surface area (Å²) in [5.41, 5.74) is 0. The Hall–Kier alpha value is -1.36. The van der Waals surface area contributed by atoms with Crippen molar-refractivity contribution in [3.05, 3.63) is 18.0 Å². The number of aliphatic carboxylic acids is 1. The summed E-state index contributed by atoms with van der Waals surface area (Å²) in [6.45, 7) is 2.41. The third kappa shape index (κ3) is 2.11. The van der Waals surface area contributed by atoms with Gasteiger partial charge in [-0.25, -0.2) is 0 Å². The minimum atomic E-state index is -0.714. The molecule has 1 aliphatic heterocycles. The van der Waals surface area contributed by atoms with Gasteiger partial charge in [-0.1, -0.05) is 5.16 Å². The van der Waals surface area contributed by atoms with Crippen LogP contribution >= 0.6 is 0 Å². The molecule has 2 rings (SSSR count). The van der Waals surface area contributed by atoms with Crippen molar-refractivity contribution in [1.29, 1.82) is 0 Å². The summed E-state index contributed by atoms with van der Waals surface area (Å²) in [6.07, 6.45) is 1.89. The van der Waals surface area contributed by atoms with E-state index < -0.39 is 5.97 Å². The van der Waals surface area contributed by atoms with E-state index in [4.69, 9.17) is 9.63 Å². The fourth-order valence-electron chi connectivity index (χ4n) is 1.73. The Morgan fingerprint density at radius 3 is 3.07 bits per heavy atom. The molecule has 1 saturated heterocycles. The van der Waals surface area contributed by atoms with Gasteiger partial charge in [0.1, 0.15) is 0 Å². The van der Waals surface area contributed by atoms with Gasteiger partial charge in [0, 0.05) is 19.2 Å². The molecule has 0 aromatic carbocycles. The Bertz CT molecular complexity index is 304. The molecule has 0 amide bonds. The zero-order valence-electron chi connectivity index (χ0n) is 7.72. The molecule has 14 heavy (non-hydrogen) atoms. The van der Waals surface area contributed by atoms with Crippen molar-refractivity contribution in [1.82, 2.24) is 10.1 Å². The fraction of sp³-hybridized carbons (Fsp3) is 0.556. The SMILES string of the molecule is O=C(O)CC1CN(Cc2ccno2)C1. The second-order valence-electron chi connectivity index (χ2n) is 3.64. The van der Waals surface area contributed by atoms with Gasteiger partial charge < -0.3 is 9.63 Å². The van der Waals surface area contributed by atoms with Crippen LogP contribution in [0.25, 0.3) is 0 Å². The number of rotatable bonds is 4. The zero-order valence-corrected chi connectivity index (χ0v) is 7.72. The second kappa shape index (κ2) is 3.79. The van der Waals surface area contributed by atoms with E-state index in [0.717, 1.165) is 25.4 Å². The standard InChI is InChI=1S/C9H12N2O3/c12-9(13)3-7-4-11(5-7)6-8-1-2-10-14-8/h1-2,7H,3-6H2,(H,12,13). The average Bonchev–Trinajstić information content (AvgIpc) is 2.52. The number of nitrogens with zero attached hydrogens (tertiary/aromatic N) is 2. The summed E-state index contributed by atoms with van der Waals surface area (Å²) in [4.78, 5) is 12.5. The van der Waals surface area contributed by atoms with E-state index in [-0.39, 0.29) is 6.42 Å². The average molecular weight is 196 g/mol. The first-order valence-electron chi connectivity index (χ1n) is 4.58. The van der Waals surface area contributed by atoms with Crippen molar-refractivity contribution >= 4 is 5.97 Å². The van der Waals surface area contributed by atoms with Gasteiger partial charge in [0.15, 0.2) is 5.76 Å². The lowest BCUT2D eigenvalue weighted by atomic mass is 9.96. The molecule has 0 atom stereocenters. The van der Waals surface area contributed by atoms with Crippen LogP contribution in [0.2, 0.25) is 0 Å². The van der Waals surface area contributed by atoms with Crippen LogP contribution in [0.4, 0.5) is 0 Å². The van der Waals surface area contributed by atoms with Crippen molar-refractivity contribution in [3.8, 4) is 0 Å². The molecule has 2 heterocycles. The molecule has 0 spiro atoms. The highest BCUT2D eigenvalue weighted by molar-refractivity contribution is 5.67. The summed E-state index contributed by atoms with van der Waals surface area (Å²) in [6, 6.07) is 1.82. The number of hydrogen-bond donors (Lipinski definition) is 1. The lowest BCUT2D eigenvalue weighted by Crippen LogP contribution is -2.46. The molecule has 1 aliphatic rings. The van der Waals surface area contributed by atoms with Crippen LogP contribution in [0, 0.1) is 5.92 Å². The van der Waals surface area contributed by atoms with Crippen molar-refractivity contribution in [3.63, 3.8) is 0 Å². The molecule has 5 heteroatoms. The minimum Gasteiger partial charge on any atom is -0.481 e. The normalized spacial score (nSPS) is 18.0. The summed E-state index contributed by atoms with van der Waals surface area (Å²) in [7, 11) is 0. The van der Waals surface area contributed by atoms with E-state index in [1.807, 2.05) is 6.07 Å². The fourth-order valence-corrected chi connectivity index (χ4v) is 1.73. The molecule has 1 aromatic rings. The number of likely N-dealkylation sites (tertiary alicyclic amines) is 1. The largest absolute Gasteiger partial charge is 0.481 e. The van der Waals surface area contributed by atoms with Crippen molar-refractivity contribution < 1.29 is 14.4 Å². The Morgan fingerprint density at radius 2 is 2.50 bits per heavy atom. The summed E-state index contributed by atoms with van der Waals surface area (Å²) >= 11 is 0. The van der Waals surface area contributed by atoms with E-state index in [9.17, 15) is 4.79 Å². The summed E-state index contributed by atoms with van der Waals surface area (Å²) < 4.78 is 4.95. The van der Waals surface area contributed by atoms with Crippen LogP contribution in [0.5, 0.6) is 0 Å². The molecular weight excluding hydrogens is 184 g/mol. The van der Waals surface area contributed by atoms with E-state index in [2.05, 4.69) is 10.1 Å². The monoisotopic (exact) mass is 196 g/mol. The first-order valence-corrected chi connectivity index (χ1v) is 4.58. The first-order chi connectivity index (χ1) is 6.74. The summed E-state index contributed by atoms with van der Waals surface area (Å²) in [5.74, 6) is 0.420. The lowest BCUT2D eigenvalue weighted by Gasteiger charge is -2.37.